The van der Waals surface area contributed by atoms with Crippen molar-refractivity contribution in [3.05, 3.63) is 0 Å². The number of alkyl halides is 2. The molecule has 7 nitrogen and oxygen atoms in total. The van der Waals surface area contributed by atoms with E-state index < -0.39 is 24.0 Å². The third kappa shape index (κ3) is 2.62. The van der Waals surface area contributed by atoms with Crippen molar-refractivity contribution in [3.8, 4) is 0 Å². The minimum absolute atomic E-state index is 1.63. The summed E-state index contributed by atoms with van der Waals surface area (Å²) in [4.78, 5) is 34.2. The molecule has 0 fully saturated rings. The second-order valence-corrected chi connectivity index (χ2v) is 9.03. The number of halogens is 2. The van der Waals surface area contributed by atoms with Gasteiger partial charge in [0.05, 0.1) is 0 Å². The van der Waals surface area contributed by atoms with Crippen LogP contribution in [0, 0.1) is 0 Å². The summed E-state index contributed by atoms with van der Waals surface area (Å²) >= 11 is 4.90. The molecule has 0 aromatic rings. The fourth-order valence-corrected chi connectivity index (χ4v) is 5.49. The molecule has 13 heavy (non-hydrogen) atoms. The zero-order valence-electron chi connectivity index (χ0n) is 5.78. The van der Waals surface area contributed by atoms with Crippen LogP contribution in [0.25, 0.3) is 0 Å². The van der Waals surface area contributed by atoms with E-state index in [0.717, 1.165) is 0 Å². The zero-order valence-corrected chi connectivity index (χ0v) is 10.7. The molecule has 0 aromatic heterocycles. The maximum atomic E-state index is 10.6. The lowest BCUT2D eigenvalue weighted by Crippen LogP contribution is -2.34. The number of hydrogen-bond acceptors (Lipinski definition) is 3. The second kappa shape index (κ2) is 4.00. The monoisotopic (exact) mass is 362 g/mol. The van der Waals surface area contributed by atoms with Gasteiger partial charge in [0.25, 0.3) is 5.08 Å². The van der Waals surface area contributed by atoms with Gasteiger partial charge in [-0.05, 0) is 0 Å². The highest BCUT2D eigenvalue weighted by Gasteiger charge is 2.63. The van der Waals surface area contributed by atoms with Crippen molar-refractivity contribution < 1.29 is 33.8 Å². The van der Waals surface area contributed by atoms with Crippen molar-refractivity contribution in [1.82, 2.24) is 0 Å². The Morgan fingerprint density at radius 3 is 1.23 bits per heavy atom. The van der Waals surface area contributed by atoms with E-state index >= 15 is 0 Å². The summed E-state index contributed by atoms with van der Waals surface area (Å²) in [6, 6.07) is 0. The highest BCUT2D eigenvalue weighted by atomic mass is 79.9. The van der Waals surface area contributed by atoms with E-state index in [4.69, 9.17) is 24.7 Å². The first kappa shape index (κ1) is 14.2. The van der Waals surface area contributed by atoms with Crippen LogP contribution in [0.3, 0.4) is 0 Å². The Bertz CT molecular complexity index is 254. The number of hydrogen-bond donors (Lipinski definition) is 5. The summed E-state index contributed by atoms with van der Waals surface area (Å²) in [6.07, 6.45) is 0. The average molecular weight is 364 g/mol. The lowest BCUT2D eigenvalue weighted by molar-refractivity contribution is 0.146. The molecule has 0 aliphatic carbocycles. The van der Waals surface area contributed by atoms with Crippen molar-refractivity contribution in [1.29, 1.82) is 0 Å². The zero-order chi connectivity index (χ0) is 11.1. The van der Waals surface area contributed by atoms with E-state index in [-0.39, 0.29) is 0 Å². The van der Waals surface area contributed by atoms with E-state index in [0.29, 0.717) is 0 Å². The van der Waals surface area contributed by atoms with Crippen LogP contribution in [0.1, 0.15) is 0 Å². The lowest BCUT2D eigenvalue weighted by Gasteiger charge is -2.30. The van der Waals surface area contributed by atoms with Crippen molar-refractivity contribution in [2.45, 2.75) is 8.82 Å². The van der Waals surface area contributed by atoms with Crippen LogP contribution in [-0.4, -0.2) is 33.5 Å². The smallest absolute Gasteiger partial charge is 0.366 e. The Hall–Kier alpha value is 1.22. The normalized spacial score (nSPS) is 15.1. The Labute approximate surface area is 89.7 Å². The molecule has 80 valence electrons. The quantitative estimate of drug-likeness (QED) is 0.354. The maximum absolute atomic E-state index is 10.6. The Kier molecular flexibility index (Phi) is 4.37. The molecule has 5 N–H and O–H groups in total. The third-order valence-corrected chi connectivity index (χ3v) is 7.69. The SMILES string of the molecule is O=P(O)(O)C(O)(C(Br)Br)P(=O)(O)O. The van der Waals surface area contributed by atoms with Crippen molar-refractivity contribution in [2.75, 3.05) is 0 Å². The van der Waals surface area contributed by atoms with Gasteiger partial charge in [0.1, 0.15) is 3.74 Å². The van der Waals surface area contributed by atoms with Gasteiger partial charge in [0, 0.05) is 0 Å². The highest BCUT2D eigenvalue weighted by Crippen LogP contribution is 2.70. The topological polar surface area (TPSA) is 135 Å². The lowest BCUT2D eigenvalue weighted by atomic mass is 10.8. The van der Waals surface area contributed by atoms with E-state index in [1.807, 2.05) is 0 Å². The molecule has 0 heterocycles. The van der Waals surface area contributed by atoms with E-state index in [2.05, 4.69) is 31.9 Å². The first-order valence-corrected chi connectivity index (χ1v) is 7.62. The predicted molar refractivity (Wildman–Crippen MR) is 50.7 cm³/mol. The molecule has 0 bridgehead atoms. The van der Waals surface area contributed by atoms with Gasteiger partial charge >= 0.3 is 15.2 Å². The maximum Gasteiger partial charge on any atom is 0.371 e. The van der Waals surface area contributed by atoms with Gasteiger partial charge in [0.15, 0.2) is 0 Å². The van der Waals surface area contributed by atoms with Gasteiger partial charge < -0.3 is 24.7 Å². The van der Waals surface area contributed by atoms with Gasteiger partial charge in [-0.15, -0.1) is 0 Å². The molecule has 0 aliphatic rings. The molecule has 0 amide bonds. The Morgan fingerprint density at radius 2 is 1.23 bits per heavy atom. The minimum Gasteiger partial charge on any atom is -0.366 e. The molecule has 0 radical (unpaired) electrons. The minimum atomic E-state index is -5.37. The van der Waals surface area contributed by atoms with Crippen LogP contribution in [0.2, 0.25) is 0 Å². The summed E-state index contributed by atoms with van der Waals surface area (Å²) in [6.45, 7) is 0. The molecule has 0 saturated heterocycles. The number of aliphatic hydroxyl groups is 1. The average Bonchev–Trinajstić information content (AvgIpc) is 1.80. The van der Waals surface area contributed by atoms with Crippen molar-refractivity contribution in [2.24, 2.45) is 0 Å². The van der Waals surface area contributed by atoms with Crippen LogP contribution < -0.4 is 0 Å². The van der Waals surface area contributed by atoms with E-state index in [9.17, 15) is 9.13 Å². The standard InChI is InChI=1S/C2H6Br2O7P2/c3-1(4)2(5,12(6,7)8)13(9,10)11/h1,5H,(H2,6,7,8)(H2,9,10,11). The largest absolute Gasteiger partial charge is 0.371 e. The first-order valence-electron chi connectivity index (χ1n) is 2.56. The molecule has 0 saturated carbocycles. The molecular weight excluding hydrogens is 358 g/mol. The number of rotatable bonds is 3. The van der Waals surface area contributed by atoms with Gasteiger partial charge in [-0.2, -0.15) is 0 Å². The summed E-state index contributed by atoms with van der Waals surface area (Å²) in [7, 11) is -10.7. The van der Waals surface area contributed by atoms with E-state index in [1.54, 1.807) is 0 Å². The molecule has 11 heteroatoms. The second-order valence-electron chi connectivity index (χ2n) is 2.08. The van der Waals surface area contributed by atoms with Crippen LogP contribution in [0.15, 0.2) is 0 Å². The molecule has 0 aromatic carbocycles. The predicted octanol–water partition coefficient (Wildman–Crippen LogP) is 0.104. The van der Waals surface area contributed by atoms with Gasteiger partial charge in [0.2, 0.25) is 0 Å². The van der Waals surface area contributed by atoms with Gasteiger partial charge in [-0.25, -0.2) is 0 Å². The highest BCUT2D eigenvalue weighted by molar-refractivity contribution is 9.24. The summed E-state index contributed by atoms with van der Waals surface area (Å²) in [5, 5.41) is 5.68. The molecule has 0 unspecified atom stereocenters. The molecule has 0 atom stereocenters. The van der Waals surface area contributed by atoms with Gasteiger partial charge in [-0.1, -0.05) is 31.9 Å². The van der Waals surface area contributed by atoms with Crippen LogP contribution in [0.4, 0.5) is 0 Å². The van der Waals surface area contributed by atoms with Crippen LogP contribution in [-0.2, 0) is 9.13 Å². The van der Waals surface area contributed by atoms with Crippen molar-refractivity contribution in [3.63, 3.8) is 0 Å². The fraction of sp³-hybridized carbons (Fsp3) is 1.00. The summed E-state index contributed by atoms with van der Waals surface area (Å²) in [5.41, 5.74) is 0. The Balaban J connectivity index is 5.50. The molecule has 0 aliphatic heterocycles. The molecule has 0 rings (SSSR count). The van der Waals surface area contributed by atoms with Gasteiger partial charge in [-0.3, -0.25) is 9.13 Å². The van der Waals surface area contributed by atoms with E-state index in [1.165, 1.54) is 0 Å². The summed E-state index contributed by atoms with van der Waals surface area (Å²) in [5.74, 6) is 0. The molecular formula is C2H6Br2O7P2. The van der Waals surface area contributed by atoms with Crippen LogP contribution >= 0.6 is 47.1 Å². The third-order valence-electron chi connectivity index (χ3n) is 1.15. The summed E-state index contributed by atoms with van der Waals surface area (Å²) < 4.78 is 19.6. The fourth-order valence-electron chi connectivity index (χ4n) is 0.424. The molecule has 0 spiro atoms. The van der Waals surface area contributed by atoms with Crippen molar-refractivity contribution >= 4 is 47.1 Å². The van der Waals surface area contributed by atoms with Crippen LogP contribution in [0.5, 0.6) is 0 Å². The Morgan fingerprint density at radius 1 is 1.00 bits per heavy atom. The first-order chi connectivity index (χ1) is 5.44.